The van der Waals surface area contributed by atoms with Gasteiger partial charge >= 0.3 is 0 Å². The van der Waals surface area contributed by atoms with Crippen LogP contribution >= 0.6 is 0 Å². The Morgan fingerprint density at radius 1 is 1.25 bits per heavy atom. The van der Waals surface area contributed by atoms with Gasteiger partial charge in [0.2, 0.25) is 0 Å². The molecule has 0 aliphatic heterocycles. The zero-order chi connectivity index (χ0) is 8.55. The molecule has 62 valence electrons. The Kier molecular flexibility index (Phi) is 1.72. The normalized spacial score (nSPS) is 15.9. The number of hydrogen-bond donors (Lipinski definition) is 0. The molecule has 0 fully saturated rings. The van der Waals surface area contributed by atoms with E-state index in [4.69, 9.17) is 0 Å². The minimum Gasteiger partial charge on any atom is -0.207 e. The summed E-state index contributed by atoms with van der Waals surface area (Å²) < 4.78 is 13.2. The molecule has 0 atom stereocenters. The van der Waals surface area contributed by atoms with Crippen LogP contribution in [-0.4, -0.2) is 0 Å². The van der Waals surface area contributed by atoms with Crippen LogP contribution in [0.2, 0.25) is 0 Å². The van der Waals surface area contributed by atoms with Crippen molar-refractivity contribution >= 4 is 5.57 Å². The Morgan fingerprint density at radius 3 is 2.83 bits per heavy atom. The summed E-state index contributed by atoms with van der Waals surface area (Å²) in [5, 5.41) is 0. The summed E-state index contributed by atoms with van der Waals surface area (Å²) in [5.74, 6) is -0.0756. The maximum Gasteiger partial charge on any atom is 0.127 e. The van der Waals surface area contributed by atoms with Gasteiger partial charge in [0.1, 0.15) is 5.82 Å². The van der Waals surface area contributed by atoms with E-state index in [0.29, 0.717) is 0 Å². The van der Waals surface area contributed by atoms with Gasteiger partial charge in [-0.25, -0.2) is 4.39 Å². The third-order valence-electron chi connectivity index (χ3n) is 2.41. The molecular weight excluding hydrogens is 151 g/mol. The summed E-state index contributed by atoms with van der Waals surface area (Å²) in [6.45, 7) is 3.93. The molecule has 2 rings (SSSR count). The third kappa shape index (κ3) is 1.06. The Balaban J connectivity index is 2.59. The Labute approximate surface area is 71.7 Å². The van der Waals surface area contributed by atoms with Gasteiger partial charge in [-0.15, -0.1) is 0 Å². The van der Waals surface area contributed by atoms with Gasteiger partial charge in [0, 0.05) is 0 Å². The summed E-state index contributed by atoms with van der Waals surface area (Å²) in [7, 11) is 0. The molecule has 0 heterocycles. The van der Waals surface area contributed by atoms with Crippen molar-refractivity contribution in [2.45, 2.75) is 19.3 Å². The standard InChI is InChI=1S/C11H11F/c1-8-4-2-6-10-9(8)5-3-7-11(10)12/h3,5,7H,1-2,4,6H2. The lowest BCUT2D eigenvalue weighted by Gasteiger charge is -2.17. The highest BCUT2D eigenvalue weighted by Gasteiger charge is 2.14. The molecule has 0 saturated carbocycles. The van der Waals surface area contributed by atoms with E-state index in [1.807, 2.05) is 6.07 Å². The van der Waals surface area contributed by atoms with E-state index in [9.17, 15) is 4.39 Å². The van der Waals surface area contributed by atoms with E-state index in [-0.39, 0.29) is 5.82 Å². The van der Waals surface area contributed by atoms with Crippen LogP contribution in [0.4, 0.5) is 4.39 Å². The zero-order valence-electron chi connectivity index (χ0n) is 6.94. The molecule has 0 saturated heterocycles. The van der Waals surface area contributed by atoms with Crippen LogP contribution in [0, 0.1) is 5.82 Å². The van der Waals surface area contributed by atoms with Gasteiger partial charge < -0.3 is 0 Å². The number of hydrogen-bond acceptors (Lipinski definition) is 0. The van der Waals surface area contributed by atoms with Crippen LogP contribution in [0.5, 0.6) is 0 Å². The number of allylic oxidation sites excluding steroid dienone is 1. The first kappa shape index (κ1) is 7.53. The fourth-order valence-corrected chi connectivity index (χ4v) is 1.76. The predicted molar refractivity (Wildman–Crippen MR) is 48.4 cm³/mol. The van der Waals surface area contributed by atoms with Gasteiger partial charge in [-0.05, 0) is 42.0 Å². The van der Waals surface area contributed by atoms with Crippen LogP contribution in [0.3, 0.4) is 0 Å². The summed E-state index contributed by atoms with van der Waals surface area (Å²) in [6, 6.07) is 5.24. The molecular formula is C11H11F. The second-order valence-corrected chi connectivity index (χ2v) is 3.22. The molecule has 0 radical (unpaired) electrons. The van der Waals surface area contributed by atoms with E-state index in [1.54, 1.807) is 6.07 Å². The second-order valence-electron chi connectivity index (χ2n) is 3.22. The van der Waals surface area contributed by atoms with E-state index in [0.717, 1.165) is 36.0 Å². The number of rotatable bonds is 0. The summed E-state index contributed by atoms with van der Waals surface area (Å²) >= 11 is 0. The van der Waals surface area contributed by atoms with Crippen molar-refractivity contribution < 1.29 is 4.39 Å². The van der Waals surface area contributed by atoms with Gasteiger partial charge in [-0.3, -0.25) is 0 Å². The molecule has 0 aromatic heterocycles. The molecule has 0 bridgehead atoms. The van der Waals surface area contributed by atoms with Crippen LogP contribution in [-0.2, 0) is 6.42 Å². The first-order valence-corrected chi connectivity index (χ1v) is 4.24. The zero-order valence-corrected chi connectivity index (χ0v) is 6.94. The summed E-state index contributed by atoms with van der Waals surface area (Å²) in [4.78, 5) is 0. The molecule has 1 aromatic rings. The smallest absolute Gasteiger partial charge is 0.127 e. The molecule has 1 aliphatic rings. The predicted octanol–water partition coefficient (Wildman–Crippen LogP) is 3.18. The average Bonchev–Trinajstić information content (AvgIpc) is 2.07. The van der Waals surface area contributed by atoms with Crippen molar-refractivity contribution in [3.63, 3.8) is 0 Å². The van der Waals surface area contributed by atoms with Crippen molar-refractivity contribution in [1.29, 1.82) is 0 Å². The number of benzene rings is 1. The first-order valence-electron chi connectivity index (χ1n) is 4.24. The molecule has 0 amide bonds. The van der Waals surface area contributed by atoms with Gasteiger partial charge in [0.25, 0.3) is 0 Å². The van der Waals surface area contributed by atoms with Crippen LogP contribution in [0.25, 0.3) is 5.57 Å². The molecule has 1 aromatic carbocycles. The van der Waals surface area contributed by atoms with E-state index in [1.165, 1.54) is 6.07 Å². The number of halogens is 1. The highest BCUT2D eigenvalue weighted by atomic mass is 19.1. The third-order valence-corrected chi connectivity index (χ3v) is 2.41. The van der Waals surface area contributed by atoms with Crippen molar-refractivity contribution in [3.05, 3.63) is 41.7 Å². The summed E-state index contributed by atoms with van der Waals surface area (Å²) in [5.41, 5.74) is 2.96. The highest BCUT2D eigenvalue weighted by Crippen LogP contribution is 2.30. The largest absolute Gasteiger partial charge is 0.207 e. The van der Waals surface area contributed by atoms with Crippen molar-refractivity contribution in [1.82, 2.24) is 0 Å². The quantitative estimate of drug-likeness (QED) is 0.549. The molecule has 1 heteroatoms. The van der Waals surface area contributed by atoms with Crippen LogP contribution in [0.1, 0.15) is 24.0 Å². The van der Waals surface area contributed by atoms with Crippen LogP contribution < -0.4 is 0 Å². The molecule has 0 nitrogen and oxygen atoms in total. The van der Waals surface area contributed by atoms with Gasteiger partial charge in [-0.1, -0.05) is 18.7 Å². The lowest BCUT2D eigenvalue weighted by molar-refractivity contribution is 0.600. The van der Waals surface area contributed by atoms with Crippen molar-refractivity contribution in [3.8, 4) is 0 Å². The van der Waals surface area contributed by atoms with E-state index >= 15 is 0 Å². The van der Waals surface area contributed by atoms with Crippen molar-refractivity contribution in [2.75, 3.05) is 0 Å². The Bertz CT molecular complexity index is 326. The maximum absolute atomic E-state index is 13.2. The Morgan fingerprint density at radius 2 is 2.08 bits per heavy atom. The monoisotopic (exact) mass is 162 g/mol. The molecule has 0 spiro atoms. The fraction of sp³-hybridized carbons (Fsp3) is 0.273. The molecule has 12 heavy (non-hydrogen) atoms. The van der Waals surface area contributed by atoms with E-state index < -0.39 is 0 Å². The maximum atomic E-state index is 13.2. The minimum atomic E-state index is -0.0756. The molecule has 0 N–H and O–H groups in total. The topological polar surface area (TPSA) is 0 Å². The average molecular weight is 162 g/mol. The lowest BCUT2D eigenvalue weighted by atomic mass is 9.88. The number of fused-ring (bicyclic) bond motifs is 1. The van der Waals surface area contributed by atoms with Gasteiger partial charge in [0.05, 0.1) is 0 Å². The Hall–Kier alpha value is -1.11. The van der Waals surface area contributed by atoms with Gasteiger partial charge in [0.15, 0.2) is 0 Å². The SMILES string of the molecule is C=C1CCCc2c(F)cccc21. The minimum absolute atomic E-state index is 0.0756. The second kappa shape index (κ2) is 2.74. The lowest BCUT2D eigenvalue weighted by Crippen LogP contribution is -2.03. The summed E-state index contributed by atoms with van der Waals surface area (Å²) in [6.07, 6.45) is 2.91. The first-order chi connectivity index (χ1) is 5.79. The van der Waals surface area contributed by atoms with Gasteiger partial charge in [-0.2, -0.15) is 0 Å². The highest BCUT2D eigenvalue weighted by molar-refractivity contribution is 5.68. The molecule has 1 aliphatic carbocycles. The van der Waals surface area contributed by atoms with Crippen molar-refractivity contribution in [2.24, 2.45) is 0 Å². The van der Waals surface area contributed by atoms with E-state index in [2.05, 4.69) is 6.58 Å². The van der Waals surface area contributed by atoms with Crippen LogP contribution in [0.15, 0.2) is 24.8 Å². The fourth-order valence-electron chi connectivity index (χ4n) is 1.76. The molecule has 0 unspecified atom stereocenters.